The molecule has 0 bridgehead atoms. The van der Waals surface area contributed by atoms with E-state index in [2.05, 4.69) is 33.9 Å². The molecule has 1 aliphatic heterocycles. The number of aldehydes is 1. The zero-order chi connectivity index (χ0) is 23.6. The van der Waals surface area contributed by atoms with Gasteiger partial charge in [0.1, 0.15) is 23.2 Å². The normalized spacial score (nSPS) is 15.1. The van der Waals surface area contributed by atoms with E-state index in [-0.39, 0.29) is 11.5 Å². The molecule has 2 aromatic heterocycles. The van der Waals surface area contributed by atoms with Crippen molar-refractivity contribution in [2.45, 2.75) is 47.6 Å². The maximum Gasteiger partial charge on any atom is 0.164 e. The topological polar surface area (TPSA) is 72.2 Å². The molecule has 1 unspecified atom stereocenters. The number of nitrogens with zero attached hydrogens (tertiary/aromatic N) is 4. The van der Waals surface area contributed by atoms with Gasteiger partial charge in [0.05, 0.1) is 5.71 Å². The predicted molar refractivity (Wildman–Crippen MR) is 133 cm³/mol. The number of hydrogen-bond acceptors (Lipinski definition) is 6. The van der Waals surface area contributed by atoms with Crippen LogP contribution in [0.1, 0.15) is 60.0 Å². The Morgan fingerprint density at radius 3 is 2.34 bits per heavy atom. The fourth-order valence-corrected chi connectivity index (χ4v) is 4.67. The highest BCUT2D eigenvalue weighted by Crippen LogP contribution is 2.38. The van der Waals surface area contributed by atoms with Crippen LogP contribution in [0.15, 0.2) is 29.3 Å². The Balaban J connectivity index is 0.000000427. The Hall–Kier alpha value is -2.35. The van der Waals surface area contributed by atoms with Crippen molar-refractivity contribution in [3.8, 4) is 5.00 Å². The lowest BCUT2D eigenvalue weighted by Crippen LogP contribution is -2.19. The van der Waals surface area contributed by atoms with Crippen molar-refractivity contribution < 1.29 is 4.79 Å². The van der Waals surface area contributed by atoms with Gasteiger partial charge in [-0.15, -0.1) is 21.5 Å². The standard InChI is InChI=1S/C19H20ClN5S.C5H10O/c1-10-11(2)26-19-16(10)17(13-5-7-14(20)8-6-13)22-15(9-21-4)18-24-23-12(3)25(18)19;1-5(2,3)4-6/h5-8,15,21H,9H2,1-4H3;4H,1-3H3. The average Bonchev–Trinajstić information content (AvgIpc) is 3.21. The minimum Gasteiger partial charge on any atom is -0.317 e. The number of halogens is 1. The van der Waals surface area contributed by atoms with E-state index in [1.165, 1.54) is 10.4 Å². The molecule has 1 aliphatic rings. The number of thiophene rings is 1. The van der Waals surface area contributed by atoms with Crippen LogP contribution in [0.2, 0.25) is 5.02 Å². The van der Waals surface area contributed by atoms with Gasteiger partial charge in [0.25, 0.3) is 0 Å². The fourth-order valence-electron chi connectivity index (χ4n) is 3.33. The third-order valence-electron chi connectivity index (χ3n) is 5.11. The molecule has 4 rings (SSSR count). The smallest absolute Gasteiger partial charge is 0.164 e. The van der Waals surface area contributed by atoms with Crippen LogP contribution < -0.4 is 5.32 Å². The molecule has 0 spiro atoms. The molecule has 170 valence electrons. The third kappa shape index (κ3) is 5.00. The highest BCUT2D eigenvalue weighted by atomic mass is 35.5. The Kier molecular flexibility index (Phi) is 7.32. The number of nitrogens with one attached hydrogen (secondary N) is 1. The first-order valence-electron chi connectivity index (χ1n) is 10.5. The highest BCUT2D eigenvalue weighted by molar-refractivity contribution is 7.15. The Morgan fingerprint density at radius 2 is 1.78 bits per heavy atom. The van der Waals surface area contributed by atoms with Crippen LogP contribution in [0.4, 0.5) is 0 Å². The van der Waals surface area contributed by atoms with Crippen LogP contribution in [0.5, 0.6) is 0 Å². The predicted octanol–water partition coefficient (Wildman–Crippen LogP) is 5.25. The van der Waals surface area contributed by atoms with E-state index in [4.69, 9.17) is 16.6 Å². The molecular formula is C24H30ClN5OS. The molecule has 1 N–H and O–H groups in total. The van der Waals surface area contributed by atoms with Crippen LogP contribution in [-0.2, 0) is 4.79 Å². The van der Waals surface area contributed by atoms with Gasteiger partial charge in [-0.25, -0.2) is 0 Å². The van der Waals surface area contributed by atoms with Crippen LogP contribution in [-0.4, -0.2) is 40.4 Å². The Morgan fingerprint density at radius 1 is 1.16 bits per heavy atom. The van der Waals surface area contributed by atoms with Gasteiger partial charge in [0.2, 0.25) is 0 Å². The van der Waals surface area contributed by atoms with Crippen LogP contribution in [0.3, 0.4) is 0 Å². The molecule has 0 aliphatic carbocycles. The summed E-state index contributed by atoms with van der Waals surface area (Å²) in [5.41, 5.74) is 4.33. The maximum absolute atomic E-state index is 9.83. The first kappa shape index (κ1) is 24.3. The number of aryl methyl sites for hydroxylation is 2. The number of aromatic nitrogens is 3. The van der Waals surface area contributed by atoms with Crippen LogP contribution >= 0.6 is 22.9 Å². The van der Waals surface area contributed by atoms with Gasteiger partial charge < -0.3 is 10.1 Å². The molecule has 6 nitrogen and oxygen atoms in total. The number of hydrogen-bond donors (Lipinski definition) is 1. The molecule has 0 saturated heterocycles. The molecule has 8 heteroatoms. The number of carbonyl (C=O) groups is 1. The average molecular weight is 472 g/mol. The molecule has 3 aromatic rings. The SMILES string of the molecule is CC(C)(C)C=O.CNCC1N=C(c2ccc(Cl)cc2)c2c(sc(C)c2C)-n2c(C)nnc21. The monoisotopic (exact) mass is 471 g/mol. The lowest BCUT2D eigenvalue weighted by Gasteiger charge is -2.12. The largest absolute Gasteiger partial charge is 0.317 e. The summed E-state index contributed by atoms with van der Waals surface area (Å²) in [6.45, 7) is 12.6. The van der Waals surface area contributed by atoms with E-state index in [1.807, 2.05) is 59.0 Å². The second-order valence-electron chi connectivity index (χ2n) is 8.95. The van der Waals surface area contributed by atoms with Gasteiger partial charge in [-0.1, -0.05) is 44.5 Å². The van der Waals surface area contributed by atoms with Crippen molar-refractivity contribution >= 4 is 34.9 Å². The first-order valence-corrected chi connectivity index (χ1v) is 11.7. The Bertz CT molecular complexity index is 1140. The fraction of sp³-hybridized carbons (Fsp3) is 0.417. The van der Waals surface area contributed by atoms with E-state index >= 15 is 0 Å². The van der Waals surface area contributed by atoms with Gasteiger partial charge in [0.15, 0.2) is 5.82 Å². The highest BCUT2D eigenvalue weighted by Gasteiger charge is 2.30. The number of fused-ring (bicyclic) bond motifs is 3. The summed E-state index contributed by atoms with van der Waals surface area (Å²) in [4.78, 5) is 16.2. The summed E-state index contributed by atoms with van der Waals surface area (Å²) >= 11 is 7.87. The molecule has 0 fully saturated rings. The molecule has 1 aromatic carbocycles. The van der Waals surface area contributed by atoms with Gasteiger partial charge in [-0.2, -0.15) is 0 Å². The number of rotatable bonds is 3. The third-order valence-corrected chi connectivity index (χ3v) is 6.55. The van der Waals surface area contributed by atoms with E-state index in [9.17, 15) is 4.79 Å². The maximum atomic E-state index is 9.83. The van der Waals surface area contributed by atoms with Gasteiger partial charge in [-0.05, 0) is 45.5 Å². The van der Waals surface area contributed by atoms with Crippen molar-refractivity contribution in [2.24, 2.45) is 10.4 Å². The quantitative estimate of drug-likeness (QED) is 0.529. The van der Waals surface area contributed by atoms with Crippen LogP contribution in [0, 0.1) is 26.2 Å². The zero-order valence-electron chi connectivity index (χ0n) is 19.7. The second kappa shape index (κ2) is 9.65. The molecule has 0 amide bonds. The van der Waals surface area contributed by atoms with Crippen molar-refractivity contribution in [3.63, 3.8) is 0 Å². The summed E-state index contributed by atoms with van der Waals surface area (Å²) in [6.07, 6.45) is 0.938. The molecule has 3 heterocycles. The molecule has 0 radical (unpaired) electrons. The van der Waals surface area contributed by atoms with E-state index in [0.29, 0.717) is 6.54 Å². The lowest BCUT2D eigenvalue weighted by atomic mass is 10.00. The molecule has 0 saturated carbocycles. The van der Waals surface area contributed by atoms with Crippen molar-refractivity contribution in [2.75, 3.05) is 13.6 Å². The zero-order valence-corrected chi connectivity index (χ0v) is 21.2. The number of aliphatic imine (C=N–C) groups is 1. The van der Waals surface area contributed by atoms with E-state index in [0.717, 1.165) is 44.8 Å². The van der Waals surface area contributed by atoms with Gasteiger partial charge >= 0.3 is 0 Å². The molecular weight excluding hydrogens is 442 g/mol. The second-order valence-corrected chi connectivity index (χ2v) is 10.6. The number of likely N-dealkylation sites (N-methyl/N-ethyl adjacent to an activating group) is 1. The Labute approximate surface area is 198 Å². The van der Waals surface area contributed by atoms with Crippen LogP contribution in [0.25, 0.3) is 5.00 Å². The minimum atomic E-state index is -0.139. The summed E-state index contributed by atoms with van der Waals surface area (Å²) in [5.74, 6) is 1.76. The van der Waals surface area contributed by atoms with Crippen molar-refractivity contribution in [1.82, 2.24) is 20.1 Å². The summed E-state index contributed by atoms with van der Waals surface area (Å²) in [5, 5.41) is 13.9. The lowest BCUT2D eigenvalue weighted by molar-refractivity contribution is -0.113. The van der Waals surface area contributed by atoms with E-state index < -0.39 is 0 Å². The van der Waals surface area contributed by atoms with Crippen molar-refractivity contribution in [3.05, 3.63) is 62.5 Å². The summed E-state index contributed by atoms with van der Waals surface area (Å²) in [6, 6.07) is 7.79. The van der Waals surface area contributed by atoms with Gasteiger partial charge in [-0.3, -0.25) is 9.56 Å². The number of benzene rings is 1. The summed E-state index contributed by atoms with van der Waals surface area (Å²) in [7, 11) is 1.93. The molecule has 32 heavy (non-hydrogen) atoms. The van der Waals surface area contributed by atoms with E-state index in [1.54, 1.807) is 11.3 Å². The van der Waals surface area contributed by atoms with Gasteiger partial charge in [0, 0.05) is 33.0 Å². The number of carbonyl (C=O) groups excluding carboxylic acids is 1. The summed E-state index contributed by atoms with van der Waals surface area (Å²) < 4.78 is 2.16. The minimum absolute atomic E-state index is 0.105. The van der Waals surface area contributed by atoms with Crippen molar-refractivity contribution in [1.29, 1.82) is 0 Å². The molecule has 1 atom stereocenters. The first-order chi connectivity index (χ1) is 15.1.